The van der Waals surface area contributed by atoms with Crippen molar-refractivity contribution in [3.8, 4) is 0 Å². The van der Waals surface area contributed by atoms with Crippen molar-refractivity contribution in [2.24, 2.45) is 0 Å². The number of anilines is 1. The van der Waals surface area contributed by atoms with E-state index in [1.54, 1.807) is 6.92 Å². The molecule has 2 aromatic rings. The predicted octanol–water partition coefficient (Wildman–Crippen LogP) is 2.51. The van der Waals surface area contributed by atoms with Crippen LogP contribution in [0.4, 0.5) is 19.4 Å². The van der Waals surface area contributed by atoms with Crippen LogP contribution < -0.4 is 4.90 Å². The number of carbonyl (C=O) groups excluding carboxylic acids is 1. The van der Waals surface area contributed by atoms with Gasteiger partial charge in [0.05, 0.1) is 24.7 Å². The summed E-state index contributed by atoms with van der Waals surface area (Å²) in [5.41, 5.74) is -0.524. The number of aromatic nitrogens is 1. The van der Waals surface area contributed by atoms with Gasteiger partial charge in [-0.3, -0.25) is 0 Å². The van der Waals surface area contributed by atoms with Gasteiger partial charge in [-0.05, 0) is 13.0 Å². The van der Waals surface area contributed by atoms with E-state index in [4.69, 9.17) is 23.5 Å². The van der Waals surface area contributed by atoms with Crippen LogP contribution in [-0.2, 0) is 18.9 Å². The lowest BCUT2D eigenvalue weighted by molar-refractivity contribution is -0.0467. The smallest absolute Gasteiger partial charge is 0.416 e. The molecule has 2 fully saturated rings. The zero-order valence-corrected chi connectivity index (χ0v) is 14.0. The van der Waals surface area contributed by atoms with E-state index in [1.165, 1.54) is 18.1 Å². The van der Waals surface area contributed by atoms with Crippen molar-refractivity contribution in [1.29, 1.82) is 0 Å². The Hall–Kier alpha value is -2.30. The summed E-state index contributed by atoms with van der Waals surface area (Å²) in [7, 11) is 1.49. The number of hydrogen-bond acceptors (Lipinski definition) is 7. The zero-order chi connectivity index (χ0) is 18.4. The standard InChI is InChI=1S/C16H16F2N2O6/c1-7(22-2)10-6-25-16(21)20(10)14-9-5-8(15-23-3-4-24-15)11(17)12(18)13(9)26-19-14/h5,7,10,15H,3-4,6H2,1-2H3/t7-,10?/m1/s1. The summed E-state index contributed by atoms with van der Waals surface area (Å²) in [5, 5.41) is 3.89. The largest absolute Gasteiger partial charge is 0.447 e. The maximum Gasteiger partial charge on any atom is 0.416 e. The second-order valence-corrected chi connectivity index (χ2v) is 6.01. The first-order valence-corrected chi connectivity index (χ1v) is 8.02. The van der Waals surface area contributed by atoms with Gasteiger partial charge in [0.2, 0.25) is 11.4 Å². The lowest BCUT2D eigenvalue weighted by Crippen LogP contribution is -2.42. The van der Waals surface area contributed by atoms with E-state index >= 15 is 0 Å². The molecule has 140 valence electrons. The molecular weight excluding hydrogens is 354 g/mol. The highest BCUT2D eigenvalue weighted by molar-refractivity contribution is 5.99. The molecule has 10 heteroatoms. The highest BCUT2D eigenvalue weighted by Crippen LogP contribution is 2.37. The third-order valence-electron chi connectivity index (χ3n) is 4.58. The Kier molecular flexibility index (Phi) is 4.25. The molecule has 1 aromatic carbocycles. The average molecular weight is 370 g/mol. The van der Waals surface area contributed by atoms with E-state index in [0.29, 0.717) is 0 Å². The summed E-state index contributed by atoms with van der Waals surface area (Å²) in [6.45, 7) is 2.37. The molecule has 0 bridgehead atoms. The molecule has 2 atom stereocenters. The highest BCUT2D eigenvalue weighted by atomic mass is 19.2. The molecular formula is C16H16F2N2O6. The van der Waals surface area contributed by atoms with Gasteiger partial charge in [0.1, 0.15) is 12.6 Å². The molecule has 2 aliphatic heterocycles. The second-order valence-electron chi connectivity index (χ2n) is 6.01. The van der Waals surface area contributed by atoms with Crippen molar-refractivity contribution in [2.45, 2.75) is 25.4 Å². The average Bonchev–Trinajstić information content (AvgIpc) is 3.36. The summed E-state index contributed by atoms with van der Waals surface area (Å²) in [4.78, 5) is 13.4. The normalized spacial score (nSPS) is 22.4. The van der Waals surface area contributed by atoms with Crippen LogP contribution in [-0.4, -0.2) is 50.3 Å². The highest BCUT2D eigenvalue weighted by Gasteiger charge is 2.41. The van der Waals surface area contributed by atoms with Gasteiger partial charge in [0, 0.05) is 12.7 Å². The number of hydrogen-bond donors (Lipinski definition) is 0. The Balaban J connectivity index is 1.84. The molecule has 1 unspecified atom stereocenters. The van der Waals surface area contributed by atoms with Crippen LogP contribution in [0.2, 0.25) is 0 Å². The van der Waals surface area contributed by atoms with Gasteiger partial charge in [-0.2, -0.15) is 4.39 Å². The molecule has 1 amide bonds. The van der Waals surface area contributed by atoms with Crippen LogP contribution in [0.15, 0.2) is 10.6 Å². The summed E-state index contributed by atoms with van der Waals surface area (Å²) in [6, 6.07) is 0.826. The SMILES string of the molecule is CO[C@H](C)C1COC(=O)N1c1noc2c(F)c(F)c(C3OCCO3)cc12. The Labute approximate surface area is 146 Å². The maximum absolute atomic E-state index is 14.5. The van der Waals surface area contributed by atoms with Gasteiger partial charge < -0.3 is 23.5 Å². The van der Waals surface area contributed by atoms with Crippen LogP contribution in [0.25, 0.3) is 11.0 Å². The first kappa shape index (κ1) is 17.1. The van der Waals surface area contributed by atoms with Crippen molar-refractivity contribution in [3.63, 3.8) is 0 Å². The second kappa shape index (κ2) is 6.45. The third kappa shape index (κ3) is 2.52. The molecule has 0 saturated carbocycles. The lowest BCUT2D eigenvalue weighted by Gasteiger charge is -2.23. The molecule has 0 aliphatic carbocycles. The monoisotopic (exact) mass is 370 g/mol. The Bertz CT molecular complexity index is 851. The first-order chi connectivity index (χ1) is 12.5. The zero-order valence-electron chi connectivity index (χ0n) is 14.0. The maximum atomic E-state index is 14.5. The molecule has 26 heavy (non-hydrogen) atoms. The molecule has 0 radical (unpaired) electrons. The Morgan fingerprint density at radius 3 is 2.73 bits per heavy atom. The molecule has 0 spiro atoms. The number of carbonyl (C=O) groups is 1. The molecule has 0 N–H and O–H groups in total. The van der Waals surface area contributed by atoms with Crippen LogP contribution in [0, 0.1) is 11.6 Å². The van der Waals surface area contributed by atoms with E-state index in [2.05, 4.69) is 5.16 Å². The van der Waals surface area contributed by atoms with E-state index in [-0.39, 0.29) is 42.7 Å². The van der Waals surface area contributed by atoms with Gasteiger partial charge in [-0.1, -0.05) is 5.16 Å². The van der Waals surface area contributed by atoms with E-state index in [1.807, 2.05) is 0 Å². The number of rotatable bonds is 4. The predicted molar refractivity (Wildman–Crippen MR) is 82.7 cm³/mol. The number of benzene rings is 1. The quantitative estimate of drug-likeness (QED) is 0.818. The van der Waals surface area contributed by atoms with Crippen molar-refractivity contribution in [2.75, 3.05) is 31.8 Å². The Morgan fingerprint density at radius 2 is 2.04 bits per heavy atom. The lowest BCUT2D eigenvalue weighted by atomic mass is 10.1. The molecule has 2 aliphatic rings. The van der Waals surface area contributed by atoms with Crippen LogP contribution in [0.5, 0.6) is 0 Å². The fraction of sp³-hybridized carbons (Fsp3) is 0.500. The summed E-state index contributed by atoms with van der Waals surface area (Å²) in [5.74, 6) is -2.34. The third-order valence-corrected chi connectivity index (χ3v) is 4.58. The fourth-order valence-electron chi connectivity index (χ4n) is 3.09. The fourth-order valence-corrected chi connectivity index (χ4v) is 3.09. The molecule has 3 heterocycles. The van der Waals surface area contributed by atoms with Gasteiger partial charge in [-0.25, -0.2) is 14.1 Å². The number of ether oxygens (including phenoxy) is 4. The molecule has 8 nitrogen and oxygen atoms in total. The number of methoxy groups -OCH3 is 1. The minimum Gasteiger partial charge on any atom is -0.447 e. The topological polar surface area (TPSA) is 83.3 Å². The summed E-state index contributed by atoms with van der Waals surface area (Å²) >= 11 is 0. The van der Waals surface area contributed by atoms with Crippen molar-refractivity contribution in [3.05, 3.63) is 23.3 Å². The minimum atomic E-state index is -1.22. The van der Waals surface area contributed by atoms with Gasteiger partial charge in [0.25, 0.3) is 0 Å². The molecule has 1 aromatic heterocycles. The number of cyclic esters (lactones) is 1. The van der Waals surface area contributed by atoms with Crippen molar-refractivity contribution >= 4 is 22.9 Å². The number of fused-ring (bicyclic) bond motifs is 1. The van der Waals surface area contributed by atoms with Gasteiger partial charge >= 0.3 is 6.09 Å². The van der Waals surface area contributed by atoms with Crippen LogP contribution in [0.3, 0.4) is 0 Å². The summed E-state index contributed by atoms with van der Waals surface area (Å²) in [6.07, 6.45) is -2.08. The van der Waals surface area contributed by atoms with Crippen molar-refractivity contribution < 1.29 is 37.0 Å². The first-order valence-electron chi connectivity index (χ1n) is 8.02. The minimum absolute atomic E-state index is 0.0227. The number of amides is 1. The van der Waals surface area contributed by atoms with Crippen LogP contribution in [0.1, 0.15) is 18.8 Å². The number of halogens is 2. The van der Waals surface area contributed by atoms with Crippen LogP contribution >= 0.6 is 0 Å². The summed E-state index contributed by atoms with van der Waals surface area (Å²) < 4.78 is 54.6. The number of nitrogens with zero attached hydrogens (tertiary/aromatic N) is 2. The van der Waals surface area contributed by atoms with E-state index in [0.717, 1.165) is 0 Å². The molecule has 4 rings (SSSR count). The Morgan fingerprint density at radius 1 is 1.31 bits per heavy atom. The van der Waals surface area contributed by atoms with Gasteiger partial charge in [-0.15, -0.1) is 0 Å². The van der Waals surface area contributed by atoms with E-state index in [9.17, 15) is 13.6 Å². The van der Waals surface area contributed by atoms with Gasteiger partial charge in [0.15, 0.2) is 17.9 Å². The van der Waals surface area contributed by atoms with Crippen molar-refractivity contribution in [1.82, 2.24) is 5.16 Å². The van der Waals surface area contributed by atoms with E-state index < -0.39 is 35.6 Å². The molecule has 2 saturated heterocycles.